The Bertz CT molecular complexity index is 537. The molecule has 3 nitrogen and oxygen atoms in total. The Morgan fingerprint density at radius 3 is 2.53 bits per heavy atom. The molecule has 0 saturated heterocycles. The Kier molecular flexibility index (Phi) is 4.77. The maximum absolute atomic E-state index is 9.64. The van der Waals surface area contributed by atoms with Gasteiger partial charge in [0, 0.05) is 13.0 Å². The molecule has 1 aromatic carbocycles. The van der Waals surface area contributed by atoms with Crippen LogP contribution in [-0.4, -0.2) is 21.5 Å². The van der Waals surface area contributed by atoms with E-state index in [4.69, 9.17) is 0 Å². The van der Waals surface area contributed by atoms with Crippen LogP contribution < -0.4 is 0 Å². The minimum Gasteiger partial charge on any atom is -0.396 e. The van der Waals surface area contributed by atoms with Crippen molar-refractivity contribution in [3.8, 4) is 0 Å². The third-order valence-corrected chi connectivity index (χ3v) is 4.35. The van der Waals surface area contributed by atoms with Crippen molar-refractivity contribution in [1.29, 1.82) is 0 Å². The van der Waals surface area contributed by atoms with Gasteiger partial charge in [0.05, 0.1) is 22.5 Å². The molecule has 1 aromatic heterocycles. The van der Waals surface area contributed by atoms with E-state index < -0.39 is 0 Å². The number of hydrogen-bond acceptors (Lipinski definition) is 2. The Morgan fingerprint density at radius 2 is 2.00 bits per heavy atom. The summed E-state index contributed by atoms with van der Waals surface area (Å²) in [7, 11) is 1.96. The first-order chi connectivity index (χ1) is 9.17. The van der Waals surface area contributed by atoms with Crippen molar-refractivity contribution in [2.45, 2.75) is 25.7 Å². The van der Waals surface area contributed by atoms with Gasteiger partial charge < -0.3 is 5.11 Å². The van der Waals surface area contributed by atoms with E-state index in [1.807, 2.05) is 29.9 Å². The topological polar surface area (TPSA) is 38.0 Å². The first-order valence-corrected chi connectivity index (χ1v) is 7.32. The molecule has 0 aliphatic heterocycles. The Morgan fingerprint density at radius 1 is 1.32 bits per heavy atom. The van der Waals surface area contributed by atoms with Crippen LogP contribution in [0, 0.1) is 0 Å². The van der Waals surface area contributed by atoms with Crippen LogP contribution in [0.2, 0.25) is 0 Å². The monoisotopic (exact) mass is 322 g/mol. The van der Waals surface area contributed by atoms with E-state index in [-0.39, 0.29) is 12.5 Å². The van der Waals surface area contributed by atoms with Crippen LogP contribution >= 0.6 is 15.9 Å². The van der Waals surface area contributed by atoms with Gasteiger partial charge in [0.25, 0.3) is 0 Å². The molecule has 2 aromatic rings. The molecule has 0 radical (unpaired) electrons. The molecule has 102 valence electrons. The van der Waals surface area contributed by atoms with Crippen molar-refractivity contribution in [1.82, 2.24) is 9.78 Å². The van der Waals surface area contributed by atoms with Crippen LogP contribution in [0.3, 0.4) is 0 Å². The fourth-order valence-electron chi connectivity index (χ4n) is 2.29. The molecule has 2 rings (SSSR count). The highest BCUT2D eigenvalue weighted by Gasteiger charge is 2.18. The summed E-state index contributed by atoms with van der Waals surface area (Å²) in [6.45, 7) is 2.24. The Hall–Kier alpha value is -1.13. The highest BCUT2D eigenvalue weighted by atomic mass is 79.9. The summed E-state index contributed by atoms with van der Waals surface area (Å²) in [5, 5.41) is 14.1. The fourth-order valence-corrected chi connectivity index (χ4v) is 3.07. The summed E-state index contributed by atoms with van der Waals surface area (Å²) < 4.78 is 2.99. The third-order valence-electron chi connectivity index (χ3n) is 3.43. The Balaban J connectivity index is 2.26. The summed E-state index contributed by atoms with van der Waals surface area (Å²) in [5.74, 6) is 0.109. The second-order valence-electron chi connectivity index (χ2n) is 4.68. The van der Waals surface area contributed by atoms with E-state index >= 15 is 0 Å². The number of benzene rings is 1. The SMILES string of the molecule is CCc1nn(C)c(CC(CO)c2ccccc2)c1Br. The van der Waals surface area contributed by atoms with Crippen LogP contribution in [0.1, 0.15) is 29.8 Å². The van der Waals surface area contributed by atoms with E-state index in [2.05, 4.69) is 40.1 Å². The zero-order valence-corrected chi connectivity index (χ0v) is 12.9. The number of rotatable bonds is 5. The zero-order valence-electron chi connectivity index (χ0n) is 11.3. The summed E-state index contributed by atoms with van der Waals surface area (Å²) in [4.78, 5) is 0. The van der Waals surface area contributed by atoms with Crippen molar-refractivity contribution in [3.05, 3.63) is 51.8 Å². The van der Waals surface area contributed by atoms with Gasteiger partial charge in [-0.2, -0.15) is 5.10 Å². The molecule has 19 heavy (non-hydrogen) atoms. The molecular formula is C15H19BrN2O. The third kappa shape index (κ3) is 3.07. The summed E-state index contributed by atoms with van der Waals surface area (Å²) in [6, 6.07) is 10.1. The van der Waals surface area contributed by atoms with Crippen molar-refractivity contribution in [3.63, 3.8) is 0 Å². The standard InChI is InChI=1S/C15H19BrN2O/c1-3-13-15(16)14(18(2)17-13)9-12(10-19)11-7-5-4-6-8-11/h4-8,12,19H,3,9-10H2,1-2H3. The maximum Gasteiger partial charge on any atom is 0.0766 e. The highest BCUT2D eigenvalue weighted by Crippen LogP contribution is 2.27. The van der Waals surface area contributed by atoms with Crippen LogP contribution in [0.5, 0.6) is 0 Å². The van der Waals surface area contributed by atoms with Gasteiger partial charge in [0.2, 0.25) is 0 Å². The molecule has 1 atom stereocenters. The van der Waals surface area contributed by atoms with Gasteiger partial charge in [0.15, 0.2) is 0 Å². The first kappa shape index (κ1) is 14.3. The fraction of sp³-hybridized carbons (Fsp3) is 0.400. The molecule has 0 aliphatic carbocycles. The van der Waals surface area contributed by atoms with Crippen LogP contribution in [0.25, 0.3) is 0 Å². The van der Waals surface area contributed by atoms with Gasteiger partial charge in [-0.1, -0.05) is 37.3 Å². The predicted molar refractivity (Wildman–Crippen MR) is 80.3 cm³/mol. The second-order valence-corrected chi connectivity index (χ2v) is 5.47. The normalized spacial score (nSPS) is 12.6. The van der Waals surface area contributed by atoms with E-state index in [1.165, 1.54) is 0 Å². The second kappa shape index (κ2) is 6.35. The predicted octanol–water partition coefficient (Wildman–Crippen LogP) is 3.06. The highest BCUT2D eigenvalue weighted by molar-refractivity contribution is 9.10. The first-order valence-electron chi connectivity index (χ1n) is 6.53. The molecular weight excluding hydrogens is 304 g/mol. The number of halogens is 1. The van der Waals surface area contributed by atoms with Crippen LogP contribution in [-0.2, 0) is 19.9 Å². The number of aryl methyl sites for hydroxylation is 2. The quantitative estimate of drug-likeness (QED) is 0.918. The summed E-state index contributed by atoms with van der Waals surface area (Å²) >= 11 is 3.63. The molecule has 4 heteroatoms. The minimum atomic E-state index is 0.109. The average Bonchev–Trinajstić information content (AvgIpc) is 2.72. The minimum absolute atomic E-state index is 0.109. The summed E-state index contributed by atoms with van der Waals surface area (Å²) in [6.07, 6.45) is 1.69. The molecule has 1 unspecified atom stereocenters. The van der Waals surface area contributed by atoms with E-state index in [1.54, 1.807) is 0 Å². The lowest BCUT2D eigenvalue weighted by Crippen LogP contribution is -2.11. The van der Waals surface area contributed by atoms with Crippen molar-refractivity contribution in [2.24, 2.45) is 7.05 Å². The van der Waals surface area contributed by atoms with Gasteiger partial charge in [-0.15, -0.1) is 0 Å². The van der Waals surface area contributed by atoms with Crippen molar-refractivity contribution in [2.75, 3.05) is 6.61 Å². The molecule has 0 amide bonds. The summed E-state index contributed by atoms with van der Waals surface area (Å²) in [5.41, 5.74) is 3.37. The zero-order chi connectivity index (χ0) is 13.8. The molecule has 1 heterocycles. The van der Waals surface area contributed by atoms with E-state index in [0.717, 1.165) is 34.3 Å². The van der Waals surface area contributed by atoms with Gasteiger partial charge >= 0.3 is 0 Å². The smallest absolute Gasteiger partial charge is 0.0766 e. The molecule has 0 saturated carbocycles. The maximum atomic E-state index is 9.64. The van der Waals surface area contributed by atoms with Crippen LogP contribution in [0.15, 0.2) is 34.8 Å². The van der Waals surface area contributed by atoms with Crippen molar-refractivity contribution < 1.29 is 5.11 Å². The molecule has 0 bridgehead atoms. The molecule has 0 fully saturated rings. The largest absolute Gasteiger partial charge is 0.396 e. The number of hydrogen-bond donors (Lipinski definition) is 1. The molecule has 0 aliphatic rings. The number of nitrogens with zero attached hydrogens (tertiary/aromatic N) is 2. The van der Waals surface area contributed by atoms with Gasteiger partial charge in [-0.05, 0) is 34.3 Å². The lowest BCUT2D eigenvalue weighted by molar-refractivity contribution is 0.263. The molecule has 0 spiro atoms. The van der Waals surface area contributed by atoms with Gasteiger partial charge in [-0.25, -0.2) is 0 Å². The van der Waals surface area contributed by atoms with Gasteiger partial charge in [-0.3, -0.25) is 4.68 Å². The Labute approximate surface area is 122 Å². The van der Waals surface area contributed by atoms with E-state index in [0.29, 0.717) is 0 Å². The number of aliphatic hydroxyl groups is 1. The lowest BCUT2D eigenvalue weighted by atomic mass is 9.95. The van der Waals surface area contributed by atoms with Crippen molar-refractivity contribution >= 4 is 15.9 Å². The van der Waals surface area contributed by atoms with E-state index in [9.17, 15) is 5.11 Å². The lowest BCUT2D eigenvalue weighted by Gasteiger charge is -2.15. The average molecular weight is 323 g/mol. The van der Waals surface area contributed by atoms with Crippen LogP contribution in [0.4, 0.5) is 0 Å². The molecule has 1 N–H and O–H groups in total. The van der Waals surface area contributed by atoms with Gasteiger partial charge in [0.1, 0.15) is 0 Å². The number of aromatic nitrogens is 2. The number of aliphatic hydroxyl groups excluding tert-OH is 1.